The van der Waals surface area contributed by atoms with Gasteiger partial charge in [-0.1, -0.05) is 58.4 Å². The maximum absolute atomic E-state index is 13.3. The van der Waals surface area contributed by atoms with Crippen LogP contribution < -0.4 is 0 Å². The van der Waals surface area contributed by atoms with Crippen molar-refractivity contribution in [3.8, 4) is 0 Å². The van der Waals surface area contributed by atoms with Gasteiger partial charge >= 0.3 is 0 Å². The van der Waals surface area contributed by atoms with Crippen LogP contribution in [0.5, 0.6) is 0 Å². The lowest BCUT2D eigenvalue weighted by Gasteiger charge is -2.08. The summed E-state index contributed by atoms with van der Waals surface area (Å²) in [6.07, 6.45) is 0. The van der Waals surface area contributed by atoms with Crippen LogP contribution in [0.15, 0.2) is 47.2 Å². The molecule has 3 heteroatoms. The Bertz CT molecular complexity index is 537. The van der Waals surface area contributed by atoms with Crippen molar-refractivity contribution in [1.82, 2.24) is 0 Å². The Hall–Kier alpha value is -0.670. The molecule has 2 aromatic rings. The molecule has 0 saturated heterocycles. The van der Waals surface area contributed by atoms with Gasteiger partial charge in [0.1, 0.15) is 0 Å². The zero-order valence-corrected chi connectivity index (χ0v) is 11.6. The number of hydrogen-bond donors (Lipinski definition) is 0. The van der Waals surface area contributed by atoms with Crippen LogP contribution in [0.1, 0.15) is 5.56 Å². The Balaban J connectivity index is 2.74. The molecule has 0 heterocycles. The summed E-state index contributed by atoms with van der Waals surface area (Å²) in [7, 11) is 0. The first kappa shape index (κ1) is 11.8. The SMILES string of the molecule is FC(Br)=C(CBr)c1cccc2ccccc12. The highest BCUT2D eigenvalue weighted by Crippen LogP contribution is 2.30. The van der Waals surface area contributed by atoms with Crippen LogP contribution >= 0.6 is 31.9 Å². The van der Waals surface area contributed by atoms with Crippen LogP contribution in [0.25, 0.3) is 16.3 Å². The molecule has 0 unspecified atom stereocenters. The van der Waals surface area contributed by atoms with Gasteiger partial charge in [0, 0.05) is 10.9 Å². The van der Waals surface area contributed by atoms with Crippen molar-refractivity contribution in [3.05, 3.63) is 52.8 Å². The average molecular weight is 344 g/mol. The summed E-state index contributed by atoms with van der Waals surface area (Å²) in [6, 6.07) is 13.9. The molecule has 0 bridgehead atoms. The molecule has 0 aromatic heterocycles. The topological polar surface area (TPSA) is 0 Å². The molecule has 0 N–H and O–H groups in total. The summed E-state index contributed by atoms with van der Waals surface area (Å²) in [4.78, 5) is 0. The van der Waals surface area contributed by atoms with E-state index >= 15 is 0 Å². The Kier molecular flexibility index (Phi) is 3.77. The third kappa shape index (κ3) is 2.20. The maximum Gasteiger partial charge on any atom is 0.170 e. The maximum atomic E-state index is 13.3. The third-order valence-electron chi connectivity index (χ3n) is 2.48. The normalized spacial score (nSPS) is 12.7. The highest BCUT2D eigenvalue weighted by Gasteiger charge is 2.09. The smallest absolute Gasteiger partial charge is 0.170 e. The van der Waals surface area contributed by atoms with E-state index < -0.39 is 0 Å². The van der Waals surface area contributed by atoms with E-state index in [9.17, 15) is 4.39 Å². The first-order chi connectivity index (χ1) is 7.74. The summed E-state index contributed by atoms with van der Waals surface area (Å²) in [6.45, 7) is 0. The van der Waals surface area contributed by atoms with Crippen molar-refractivity contribution in [1.29, 1.82) is 0 Å². The summed E-state index contributed by atoms with van der Waals surface area (Å²) < 4.78 is 13.0. The Morgan fingerprint density at radius 2 is 1.75 bits per heavy atom. The summed E-state index contributed by atoms with van der Waals surface area (Å²) in [5.41, 5.74) is 1.56. The van der Waals surface area contributed by atoms with Crippen LogP contribution in [-0.4, -0.2) is 5.33 Å². The van der Waals surface area contributed by atoms with Gasteiger partial charge in [-0.2, -0.15) is 4.39 Å². The van der Waals surface area contributed by atoms with Gasteiger partial charge in [-0.05, 0) is 32.3 Å². The van der Waals surface area contributed by atoms with Crippen molar-refractivity contribution in [3.63, 3.8) is 0 Å². The van der Waals surface area contributed by atoms with Crippen LogP contribution in [0, 0.1) is 0 Å². The largest absolute Gasteiger partial charge is 0.198 e. The minimum atomic E-state index is -0.319. The molecule has 82 valence electrons. The molecule has 0 amide bonds. The second-order valence-electron chi connectivity index (χ2n) is 3.40. The first-order valence-corrected chi connectivity index (χ1v) is 6.73. The summed E-state index contributed by atoms with van der Waals surface area (Å²) in [5.74, 6) is 0. The number of hydrogen-bond acceptors (Lipinski definition) is 0. The molecule has 2 rings (SSSR count). The van der Waals surface area contributed by atoms with Crippen LogP contribution in [0.3, 0.4) is 0 Å². The molecule has 2 aromatic carbocycles. The van der Waals surface area contributed by atoms with Crippen LogP contribution in [0.2, 0.25) is 0 Å². The van der Waals surface area contributed by atoms with Crippen molar-refractivity contribution < 1.29 is 4.39 Å². The van der Waals surface area contributed by atoms with Gasteiger partial charge in [0.15, 0.2) is 4.74 Å². The van der Waals surface area contributed by atoms with Gasteiger partial charge in [-0.3, -0.25) is 0 Å². The van der Waals surface area contributed by atoms with Gasteiger partial charge in [0.2, 0.25) is 0 Å². The van der Waals surface area contributed by atoms with Gasteiger partial charge in [-0.25, -0.2) is 0 Å². The van der Waals surface area contributed by atoms with Crippen LogP contribution in [-0.2, 0) is 0 Å². The molecule has 0 nitrogen and oxygen atoms in total. The number of alkyl halides is 1. The molecule has 0 fully saturated rings. The standard InChI is InChI=1S/C13H9Br2F/c14-8-12(13(15)16)11-7-3-5-9-4-1-2-6-10(9)11/h1-7H,8H2. The Labute approximate surface area is 110 Å². The number of fused-ring (bicyclic) bond motifs is 1. The number of allylic oxidation sites excluding steroid dienone is 1. The highest BCUT2D eigenvalue weighted by atomic mass is 79.9. The van der Waals surface area contributed by atoms with E-state index in [1.807, 2.05) is 42.5 Å². The van der Waals surface area contributed by atoms with E-state index in [4.69, 9.17) is 0 Å². The Morgan fingerprint density at radius 3 is 2.44 bits per heavy atom. The number of rotatable bonds is 2. The zero-order valence-electron chi connectivity index (χ0n) is 8.38. The lowest BCUT2D eigenvalue weighted by Crippen LogP contribution is -1.88. The van der Waals surface area contributed by atoms with Crippen molar-refractivity contribution in [2.45, 2.75) is 0 Å². The molecular weight excluding hydrogens is 335 g/mol. The van der Waals surface area contributed by atoms with Crippen molar-refractivity contribution in [2.75, 3.05) is 5.33 Å². The average Bonchev–Trinajstić information content (AvgIpc) is 2.30. The molecule has 16 heavy (non-hydrogen) atoms. The molecule has 0 aliphatic rings. The van der Waals surface area contributed by atoms with E-state index in [2.05, 4.69) is 31.9 Å². The molecule has 0 aliphatic heterocycles. The summed E-state index contributed by atoms with van der Waals surface area (Å²) in [5, 5.41) is 2.67. The fourth-order valence-electron chi connectivity index (χ4n) is 1.71. The van der Waals surface area contributed by atoms with Crippen molar-refractivity contribution in [2.24, 2.45) is 0 Å². The second kappa shape index (κ2) is 5.11. The zero-order chi connectivity index (χ0) is 11.5. The van der Waals surface area contributed by atoms with E-state index in [1.54, 1.807) is 0 Å². The van der Waals surface area contributed by atoms with Crippen LogP contribution in [0.4, 0.5) is 4.39 Å². The lowest BCUT2D eigenvalue weighted by molar-refractivity contribution is 0.707. The monoisotopic (exact) mass is 342 g/mol. The third-order valence-corrected chi connectivity index (χ3v) is 3.52. The molecule has 0 atom stereocenters. The predicted octanol–water partition coefficient (Wildman–Crippen LogP) is 5.27. The van der Waals surface area contributed by atoms with Crippen molar-refractivity contribution >= 4 is 48.2 Å². The Morgan fingerprint density at radius 1 is 1.06 bits per heavy atom. The first-order valence-electron chi connectivity index (χ1n) is 4.82. The van der Waals surface area contributed by atoms with Gasteiger partial charge in [-0.15, -0.1) is 0 Å². The molecule has 0 radical (unpaired) electrons. The van der Waals surface area contributed by atoms with E-state index in [0.29, 0.717) is 10.9 Å². The van der Waals surface area contributed by atoms with E-state index in [0.717, 1.165) is 16.3 Å². The second-order valence-corrected chi connectivity index (χ2v) is 4.66. The number of benzene rings is 2. The minimum Gasteiger partial charge on any atom is -0.198 e. The molecule has 0 saturated carbocycles. The van der Waals surface area contributed by atoms with E-state index in [1.165, 1.54) is 0 Å². The fraction of sp³-hybridized carbons (Fsp3) is 0.0769. The highest BCUT2D eigenvalue weighted by molar-refractivity contribution is 9.12. The predicted molar refractivity (Wildman–Crippen MR) is 74.7 cm³/mol. The van der Waals surface area contributed by atoms with Gasteiger partial charge in [0.25, 0.3) is 0 Å². The number of halogens is 3. The lowest BCUT2D eigenvalue weighted by atomic mass is 10.0. The van der Waals surface area contributed by atoms with E-state index in [-0.39, 0.29) is 4.74 Å². The quantitative estimate of drug-likeness (QED) is 0.652. The van der Waals surface area contributed by atoms with Gasteiger partial charge < -0.3 is 0 Å². The fourth-order valence-corrected chi connectivity index (χ4v) is 2.99. The minimum absolute atomic E-state index is 0.319. The molecule has 0 spiro atoms. The molecular formula is C13H9Br2F. The summed E-state index contributed by atoms with van der Waals surface area (Å²) >= 11 is 6.22. The van der Waals surface area contributed by atoms with Gasteiger partial charge in [0.05, 0.1) is 0 Å². The molecule has 0 aliphatic carbocycles.